The Balaban J connectivity index is 1.65. The van der Waals surface area contributed by atoms with E-state index in [1.165, 1.54) is 0 Å². The zero-order valence-electron chi connectivity index (χ0n) is 16.3. The summed E-state index contributed by atoms with van der Waals surface area (Å²) in [6, 6.07) is 1.17. The number of nitrogens with one attached hydrogen (secondary N) is 1. The number of halogens is 3. The molecule has 1 N–H and O–H groups in total. The molecule has 0 saturated heterocycles. The van der Waals surface area contributed by atoms with E-state index < -0.39 is 28.8 Å². The maximum Gasteiger partial charge on any atom is 0.227 e. The molecule has 154 valence electrons. The molecule has 0 unspecified atom stereocenters. The summed E-state index contributed by atoms with van der Waals surface area (Å²) in [4.78, 5) is 2.08. The maximum absolute atomic E-state index is 14.1. The van der Waals surface area contributed by atoms with E-state index in [1.807, 2.05) is 11.5 Å². The van der Waals surface area contributed by atoms with Crippen molar-refractivity contribution in [1.29, 1.82) is 0 Å². The van der Waals surface area contributed by atoms with Gasteiger partial charge in [-0.3, -0.25) is 9.67 Å². The number of aromatic nitrogens is 5. The number of anilines is 1. The molecule has 3 aromatic rings. The van der Waals surface area contributed by atoms with Crippen LogP contribution >= 0.6 is 0 Å². The van der Waals surface area contributed by atoms with Gasteiger partial charge in [0.15, 0.2) is 28.8 Å². The highest BCUT2D eigenvalue weighted by molar-refractivity contribution is 5.38. The van der Waals surface area contributed by atoms with E-state index in [1.54, 1.807) is 20.0 Å². The summed E-state index contributed by atoms with van der Waals surface area (Å²) in [7, 11) is 0. The fourth-order valence-corrected chi connectivity index (χ4v) is 3.59. The molecule has 1 aliphatic heterocycles. The average Bonchev–Trinajstić information content (AvgIpc) is 3.30. The minimum atomic E-state index is -1.21. The first-order chi connectivity index (χ1) is 13.8. The molecule has 7 nitrogen and oxygen atoms in total. The molecule has 1 aliphatic rings. The Bertz CT molecular complexity index is 1020. The Kier molecular flexibility index (Phi) is 4.71. The van der Waals surface area contributed by atoms with E-state index in [-0.39, 0.29) is 0 Å². The quantitative estimate of drug-likeness (QED) is 0.704. The zero-order valence-corrected chi connectivity index (χ0v) is 16.3. The molecule has 0 fully saturated rings. The van der Waals surface area contributed by atoms with Crippen molar-refractivity contribution in [3.8, 4) is 5.75 Å². The van der Waals surface area contributed by atoms with Gasteiger partial charge in [-0.25, -0.2) is 13.2 Å². The summed E-state index contributed by atoms with van der Waals surface area (Å²) >= 11 is 0. The number of H-pyrrole nitrogens is 1. The minimum absolute atomic E-state index is 0.413. The van der Waals surface area contributed by atoms with E-state index in [0.29, 0.717) is 37.0 Å². The van der Waals surface area contributed by atoms with Crippen molar-refractivity contribution >= 4 is 5.95 Å². The maximum atomic E-state index is 14.1. The summed E-state index contributed by atoms with van der Waals surface area (Å²) in [6.07, 6.45) is 2.59. The molecule has 0 bridgehead atoms. The number of hydrogen-bond acceptors (Lipinski definition) is 5. The second kappa shape index (κ2) is 7.09. The third-order valence-corrected chi connectivity index (χ3v) is 4.99. The minimum Gasteiger partial charge on any atom is -0.474 e. The lowest BCUT2D eigenvalue weighted by atomic mass is 10.1. The molecule has 2 aromatic heterocycles. The number of rotatable bonds is 5. The summed E-state index contributed by atoms with van der Waals surface area (Å²) in [5.74, 6) is -2.82. The number of fused-ring (bicyclic) bond motifs is 1. The van der Waals surface area contributed by atoms with Gasteiger partial charge in [-0.05, 0) is 20.8 Å². The van der Waals surface area contributed by atoms with Crippen LogP contribution in [0.1, 0.15) is 37.9 Å². The molecular formula is C19H21F3N6O. The molecule has 1 aromatic carbocycles. The van der Waals surface area contributed by atoms with Crippen molar-refractivity contribution in [2.45, 2.75) is 45.9 Å². The van der Waals surface area contributed by atoms with E-state index >= 15 is 0 Å². The molecular weight excluding hydrogens is 385 g/mol. The van der Waals surface area contributed by atoms with Gasteiger partial charge in [0.05, 0.1) is 6.20 Å². The fourth-order valence-electron chi connectivity index (χ4n) is 3.59. The van der Waals surface area contributed by atoms with Crippen LogP contribution in [0.4, 0.5) is 19.1 Å². The van der Waals surface area contributed by atoms with Crippen LogP contribution in [0.15, 0.2) is 18.3 Å². The Hall–Kier alpha value is -3.04. The van der Waals surface area contributed by atoms with Crippen LogP contribution in [0.3, 0.4) is 0 Å². The Morgan fingerprint density at radius 1 is 1.17 bits per heavy atom. The van der Waals surface area contributed by atoms with Crippen LogP contribution in [-0.4, -0.2) is 31.5 Å². The molecule has 0 amide bonds. The number of benzene rings is 1. The predicted molar refractivity (Wildman–Crippen MR) is 99.0 cm³/mol. The lowest BCUT2D eigenvalue weighted by Crippen LogP contribution is -2.34. The van der Waals surface area contributed by atoms with Gasteiger partial charge in [0.2, 0.25) is 5.95 Å². The van der Waals surface area contributed by atoms with Gasteiger partial charge in [0.1, 0.15) is 5.82 Å². The van der Waals surface area contributed by atoms with Crippen molar-refractivity contribution < 1.29 is 17.9 Å². The van der Waals surface area contributed by atoms with Gasteiger partial charge < -0.3 is 9.64 Å². The first kappa shape index (κ1) is 19.3. The molecule has 0 atom stereocenters. The van der Waals surface area contributed by atoms with Gasteiger partial charge in [-0.15, -0.1) is 10.2 Å². The molecule has 0 radical (unpaired) electrons. The second-order valence-electron chi connectivity index (χ2n) is 7.42. The Morgan fingerprint density at radius 3 is 2.59 bits per heavy atom. The summed E-state index contributed by atoms with van der Waals surface area (Å²) in [5.41, 5.74) is 0.988. The molecule has 3 heterocycles. The third kappa shape index (κ3) is 3.43. The molecule has 0 saturated carbocycles. The summed E-state index contributed by atoms with van der Waals surface area (Å²) < 4.78 is 48.8. The zero-order chi connectivity index (χ0) is 20.8. The monoisotopic (exact) mass is 406 g/mol. The van der Waals surface area contributed by atoms with Crippen molar-refractivity contribution in [3.63, 3.8) is 0 Å². The number of nitrogens with zero attached hydrogens (tertiary/aromatic N) is 5. The van der Waals surface area contributed by atoms with Gasteiger partial charge in [0, 0.05) is 49.4 Å². The number of aromatic amines is 1. The smallest absolute Gasteiger partial charge is 0.227 e. The van der Waals surface area contributed by atoms with E-state index in [2.05, 4.69) is 25.3 Å². The first-order valence-electron chi connectivity index (χ1n) is 9.33. The average molecular weight is 406 g/mol. The molecule has 0 aliphatic carbocycles. The van der Waals surface area contributed by atoms with Crippen LogP contribution in [-0.2, 0) is 25.1 Å². The lowest BCUT2D eigenvalue weighted by Gasteiger charge is -2.30. The highest BCUT2D eigenvalue weighted by Crippen LogP contribution is 2.33. The molecule has 10 heteroatoms. The van der Waals surface area contributed by atoms with Crippen LogP contribution in [0, 0.1) is 17.5 Å². The van der Waals surface area contributed by atoms with Gasteiger partial charge >= 0.3 is 0 Å². The van der Waals surface area contributed by atoms with E-state index in [0.717, 1.165) is 24.2 Å². The Labute approximate surface area is 165 Å². The van der Waals surface area contributed by atoms with Crippen molar-refractivity contribution in [1.82, 2.24) is 25.0 Å². The summed E-state index contributed by atoms with van der Waals surface area (Å²) in [5, 5.41) is 15.6. The fraction of sp³-hybridized carbons (Fsp3) is 0.421. The molecule has 29 heavy (non-hydrogen) atoms. The SMILES string of the molecule is CCn1c(N2CCc3[nH]ncc3C2)nnc1C(C)(C)Oc1c(F)cc(F)cc1F. The summed E-state index contributed by atoms with van der Waals surface area (Å²) in [6.45, 7) is 7.10. The standard InChI is InChI=1S/C19H21F3N6O/c1-4-28-17(19(2,3)29-16-13(21)7-12(20)8-14(16)22)25-26-18(28)27-6-5-15-11(10-27)9-23-24-15/h7-9H,4-6,10H2,1-3H3,(H,23,24). The lowest BCUT2D eigenvalue weighted by molar-refractivity contribution is 0.0824. The third-order valence-electron chi connectivity index (χ3n) is 4.99. The highest BCUT2D eigenvalue weighted by atomic mass is 19.1. The van der Waals surface area contributed by atoms with Crippen LogP contribution in [0.5, 0.6) is 5.75 Å². The molecule has 4 rings (SSSR count). The first-order valence-corrected chi connectivity index (χ1v) is 9.33. The largest absolute Gasteiger partial charge is 0.474 e. The highest BCUT2D eigenvalue weighted by Gasteiger charge is 2.34. The Morgan fingerprint density at radius 2 is 1.90 bits per heavy atom. The topological polar surface area (TPSA) is 71.9 Å². The van der Waals surface area contributed by atoms with Crippen molar-refractivity contribution in [2.24, 2.45) is 0 Å². The van der Waals surface area contributed by atoms with Gasteiger partial charge in [-0.1, -0.05) is 0 Å². The number of ether oxygens (including phenoxy) is 1. The number of hydrogen-bond donors (Lipinski definition) is 1. The predicted octanol–water partition coefficient (Wildman–Crippen LogP) is 3.32. The molecule has 0 spiro atoms. The second-order valence-corrected chi connectivity index (χ2v) is 7.42. The van der Waals surface area contributed by atoms with Crippen molar-refractivity contribution in [2.75, 3.05) is 11.4 Å². The van der Waals surface area contributed by atoms with Gasteiger partial charge in [0.25, 0.3) is 0 Å². The van der Waals surface area contributed by atoms with Crippen molar-refractivity contribution in [3.05, 3.63) is 52.9 Å². The normalized spacial score (nSPS) is 14.2. The van der Waals surface area contributed by atoms with Crippen LogP contribution < -0.4 is 9.64 Å². The van der Waals surface area contributed by atoms with Crippen LogP contribution in [0.2, 0.25) is 0 Å². The van der Waals surface area contributed by atoms with E-state index in [9.17, 15) is 13.2 Å². The van der Waals surface area contributed by atoms with Gasteiger partial charge in [-0.2, -0.15) is 5.10 Å². The van der Waals surface area contributed by atoms with E-state index in [4.69, 9.17) is 4.74 Å². The van der Waals surface area contributed by atoms with Crippen LogP contribution in [0.25, 0.3) is 0 Å².